The zero-order valence-corrected chi connectivity index (χ0v) is 13.5. The Morgan fingerprint density at radius 2 is 1.81 bits per heavy atom. The highest BCUT2D eigenvalue weighted by atomic mass is 16.1. The minimum atomic E-state index is -0.643. The Labute approximate surface area is 146 Å². The summed E-state index contributed by atoms with van der Waals surface area (Å²) in [6.07, 6.45) is 1.70. The van der Waals surface area contributed by atoms with Gasteiger partial charge < -0.3 is 11.5 Å². The van der Waals surface area contributed by atoms with Crippen LogP contribution in [0.5, 0.6) is 0 Å². The van der Waals surface area contributed by atoms with Crippen molar-refractivity contribution < 1.29 is 4.79 Å². The number of aromatic amines is 1. The molecule has 3 heterocycles. The van der Waals surface area contributed by atoms with Gasteiger partial charge in [0.25, 0.3) is 5.91 Å². The second-order valence-electron chi connectivity index (χ2n) is 5.95. The predicted molar refractivity (Wildman–Crippen MR) is 99.0 cm³/mol. The molecular weight excluding hydrogens is 330 g/mol. The lowest BCUT2D eigenvalue weighted by molar-refractivity contribution is 0.100. The number of rotatable bonds is 2. The lowest BCUT2D eigenvalue weighted by atomic mass is 10.2. The van der Waals surface area contributed by atoms with Crippen LogP contribution < -0.4 is 11.5 Å². The first-order chi connectivity index (χ1) is 12.6. The summed E-state index contributed by atoms with van der Waals surface area (Å²) in [5.74, 6) is -0.438. The van der Waals surface area contributed by atoms with E-state index < -0.39 is 5.91 Å². The van der Waals surface area contributed by atoms with Gasteiger partial charge in [-0.2, -0.15) is 5.10 Å². The molecule has 0 saturated heterocycles. The molecule has 0 aliphatic carbocycles. The summed E-state index contributed by atoms with van der Waals surface area (Å²) in [7, 11) is 0. The Morgan fingerprint density at radius 1 is 1.04 bits per heavy atom. The van der Waals surface area contributed by atoms with Gasteiger partial charge in [-0.05, 0) is 24.3 Å². The minimum absolute atomic E-state index is 0.166. The van der Waals surface area contributed by atoms with Crippen LogP contribution in [-0.2, 0) is 0 Å². The first-order valence-corrected chi connectivity index (χ1v) is 7.94. The molecule has 0 aliphatic heterocycles. The third kappa shape index (κ3) is 1.83. The fraction of sp³-hybridized carbons (Fsp3) is 0. The fourth-order valence-corrected chi connectivity index (χ4v) is 3.30. The molecule has 0 saturated carbocycles. The molecule has 0 radical (unpaired) electrons. The quantitative estimate of drug-likeness (QED) is 0.452. The average molecular weight is 343 g/mol. The van der Waals surface area contributed by atoms with E-state index in [0.717, 1.165) is 16.6 Å². The summed E-state index contributed by atoms with van der Waals surface area (Å²) in [6, 6.07) is 13.1. The molecule has 8 nitrogen and oxygen atoms in total. The highest BCUT2D eigenvalue weighted by molar-refractivity contribution is 6.11. The van der Waals surface area contributed by atoms with Crippen LogP contribution in [0.1, 0.15) is 10.4 Å². The summed E-state index contributed by atoms with van der Waals surface area (Å²) in [4.78, 5) is 21.3. The van der Waals surface area contributed by atoms with E-state index in [1.54, 1.807) is 10.8 Å². The van der Waals surface area contributed by atoms with Gasteiger partial charge in [0.05, 0.1) is 28.4 Å². The second kappa shape index (κ2) is 5.03. The first-order valence-electron chi connectivity index (χ1n) is 7.94. The Morgan fingerprint density at radius 3 is 2.58 bits per heavy atom. The summed E-state index contributed by atoms with van der Waals surface area (Å²) < 4.78 is 1.70. The van der Waals surface area contributed by atoms with E-state index in [0.29, 0.717) is 22.2 Å². The van der Waals surface area contributed by atoms with Gasteiger partial charge in [0.15, 0.2) is 5.65 Å². The molecule has 0 bridgehead atoms. The van der Waals surface area contributed by atoms with E-state index in [1.165, 1.54) is 0 Å². The maximum Gasteiger partial charge on any atom is 0.254 e. The Hall–Kier alpha value is -3.94. The number of nitrogen functional groups attached to an aromatic ring is 1. The van der Waals surface area contributed by atoms with Crippen LogP contribution in [0, 0.1) is 0 Å². The molecule has 5 N–H and O–H groups in total. The maximum absolute atomic E-state index is 12.1. The second-order valence-corrected chi connectivity index (χ2v) is 5.95. The first kappa shape index (κ1) is 14.4. The van der Waals surface area contributed by atoms with E-state index in [-0.39, 0.29) is 11.4 Å². The molecule has 0 atom stereocenters. The number of H-pyrrole nitrogens is 1. The molecule has 3 aromatic heterocycles. The van der Waals surface area contributed by atoms with Crippen LogP contribution in [0.2, 0.25) is 0 Å². The van der Waals surface area contributed by atoms with E-state index >= 15 is 0 Å². The molecule has 0 aliphatic rings. The van der Waals surface area contributed by atoms with Gasteiger partial charge in [0, 0.05) is 5.39 Å². The monoisotopic (exact) mass is 343 g/mol. The van der Waals surface area contributed by atoms with Crippen LogP contribution in [-0.4, -0.2) is 30.6 Å². The zero-order chi connectivity index (χ0) is 17.8. The number of hydrogen-bond donors (Lipinski definition) is 3. The number of carbonyl (C=O) groups excluding carboxylic acids is 1. The van der Waals surface area contributed by atoms with Crippen molar-refractivity contribution in [3.8, 4) is 5.69 Å². The van der Waals surface area contributed by atoms with Crippen molar-refractivity contribution in [3.63, 3.8) is 0 Å². The molecule has 1 amide bonds. The molecule has 8 heteroatoms. The van der Waals surface area contributed by atoms with Crippen molar-refractivity contribution in [2.24, 2.45) is 5.73 Å². The molecule has 0 fully saturated rings. The van der Waals surface area contributed by atoms with Crippen LogP contribution in [0.4, 0.5) is 5.82 Å². The van der Waals surface area contributed by atoms with Crippen molar-refractivity contribution in [2.45, 2.75) is 0 Å². The van der Waals surface area contributed by atoms with Crippen LogP contribution in [0.3, 0.4) is 0 Å². The van der Waals surface area contributed by atoms with Gasteiger partial charge in [0.1, 0.15) is 16.9 Å². The van der Waals surface area contributed by atoms with Gasteiger partial charge in [-0.1, -0.05) is 18.2 Å². The number of fused-ring (bicyclic) bond motifs is 3. The molecule has 5 aromatic rings. The number of nitrogens with two attached hydrogens (primary N) is 2. The van der Waals surface area contributed by atoms with Crippen molar-refractivity contribution >= 4 is 44.8 Å². The van der Waals surface area contributed by atoms with E-state index in [9.17, 15) is 4.79 Å². The fourth-order valence-electron chi connectivity index (χ4n) is 3.30. The van der Waals surface area contributed by atoms with Crippen molar-refractivity contribution in [3.05, 3.63) is 54.2 Å². The van der Waals surface area contributed by atoms with Crippen LogP contribution in [0.25, 0.3) is 38.8 Å². The highest BCUT2D eigenvalue weighted by Gasteiger charge is 2.24. The molecule has 0 unspecified atom stereocenters. The summed E-state index contributed by atoms with van der Waals surface area (Å²) in [5.41, 5.74) is 15.9. The molecule has 26 heavy (non-hydrogen) atoms. The standard InChI is InChI=1S/C18H13N7O/c19-16-14(17(20)26)15-18(23-12-5-2-1-4-11(12)22-15)25(16)13-7-3-6-10-9(13)8-21-24-10/h1-8H,19H2,(H2,20,26)(H,21,24). The lowest BCUT2D eigenvalue weighted by Crippen LogP contribution is -2.14. The topological polar surface area (TPSA) is 128 Å². The number of amides is 1. The average Bonchev–Trinajstić information content (AvgIpc) is 3.21. The number of nitrogens with zero attached hydrogens (tertiary/aromatic N) is 4. The Balaban J connectivity index is 1.99. The third-order valence-electron chi connectivity index (χ3n) is 4.45. The Bertz CT molecular complexity index is 1330. The summed E-state index contributed by atoms with van der Waals surface area (Å²) in [6.45, 7) is 0. The van der Waals surface area contributed by atoms with Gasteiger partial charge in [0.2, 0.25) is 0 Å². The largest absolute Gasteiger partial charge is 0.384 e. The zero-order valence-electron chi connectivity index (χ0n) is 13.5. The number of nitrogens with one attached hydrogen (secondary N) is 1. The number of carbonyl (C=O) groups is 1. The van der Waals surface area contributed by atoms with E-state index in [1.807, 2.05) is 42.5 Å². The molecular formula is C18H13N7O. The van der Waals surface area contributed by atoms with Crippen molar-refractivity contribution in [1.82, 2.24) is 24.7 Å². The smallest absolute Gasteiger partial charge is 0.254 e. The molecule has 126 valence electrons. The molecule has 5 rings (SSSR count). The minimum Gasteiger partial charge on any atom is -0.384 e. The lowest BCUT2D eigenvalue weighted by Gasteiger charge is -2.09. The number of hydrogen-bond acceptors (Lipinski definition) is 5. The number of benzene rings is 2. The van der Waals surface area contributed by atoms with E-state index in [4.69, 9.17) is 16.5 Å². The van der Waals surface area contributed by atoms with Gasteiger partial charge in [-0.25, -0.2) is 9.97 Å². The normalized spacial score (nSPS) is 11.5. The number of anilines is 1. The maximum atomic E-state index is 12.1. The van der Waals surface area contributed by atoms with Gasteiger partial charge >= 0.3 is 0 Å². The number of primary amides is 1. The predicted octanol–water partition coefficient (Wildman–Crippen LogP) is 2.13. The van der Waals surface area contributed by atoms with Crippen molar-refractivity contribution in [2.75, 3.05) is 5.73 Å². The van der Waals surface area contributed by atoms with E-state index in [2.05, 4.69) is 15.2 Å². The molecule has 2 aromatic carbocycles. The number of aromatic nitrogens is 5. The van der Waals surface area contributed by atoms with Gasteiger partial charge in [-0.15, -0.1) is 0 Å². The molecule has 0 spiro atoms. The van der Waals surface area contributed by atoms with Crippen molar-refractivity contribution in [1.29, 1.82) is 0 Å². The number of para-hydroxylation sites is 2. The van der Waals surface area contributed by atoms with Gasteiger partial charge in [-0.3, -0.25) is 14.5 Å². The highest BCUT2D eigenvalue weighted by Crippen LogP contribution is 2.33. The SMILES string of the molecule is NC(=O)c1c(N)n(-c2cccc3[nH]ncc23)c2nc3ccccc3nc12. The Kier molecular flexibility index (Phi) is 2.79. The van der Waals surface area contributed by atoms with Crippen LogP contribution >= 0.6 is 0 Å². The summed E-state index contributed by atoms with van der Waals surface area (Å²) >= 11 is 0. The van der Waals surface area contributed by atoms with Crippen LogP contribution in [0.15, 0.2) is 48.7 Å². The third-order valence-corrected chi connectivity index (χ3v) is 4.45. The summed E-state index contributed by atoms with van der Waals surface area (Å²) in [5, 5.41) is 7.86.